The van der Waals surface area contributed by atoms with E-state index in [1.165, 1.54) is 0 Å². The Morgan fingerprint density at radius 2 is 1.00 bits per heavy atom. The molecular formula is C52H30N6O2. The van der Waals surface area contributed by atoms with Crippen LogP contribution in [0.15, 0.2) is 191 Å². The van der Waals surface area contributed by atoms with Crippen molar-refractivity contribution in [3.63, 3.8) is 0 Å². The maximum absolute atomic E-state index is 6.66. The van der Waals surface area contributed by atoms with Gasteiger partial charge in [0.15, 0.2) is 17.5 Å². The average molecular weight is 771 g/mol. The molecule has 0 unspecified atom stereocenters. The zero-order chi connectivity index (χ0) is 39.3. The Morgan fingerprint density at radius 1 is 0.383 bits per heavy atom. The number of benzene rings is 8. The van der Waals surface area contributed by atoms with Crippen molar-refractivity contribution >= 4 is 71.7 Å². The fraction of sp³-hybridized carbons (Fsp3) is 0. The lowest BCUT2D eigenvalue weighted by Gasteiger charge is -2.08. The van der Waals surface area contributed by atoms with E-state index in [2.05, 4.69) is 106 Å². The Labute approximate surface area is 341 Å². The average Bonchev–Trinajstić information content (AvgIpc) is 4.07. The third-order valence-corrected chi connectivity index (χ3v) is 11.6. The summed E-state index contributed by atoms with van der Waals surface area (Å²) >= 11 is 0. The van der Waals surface area contributed by atoms with Crippen LogP contribution in [0.2, 0.25) is 0 Å². The van der Waals surface area contributed by atoms with E-state index in [-0.39, 0.29) is 0 Å². The summed E-state index contributed by atoms with van der Waals surface area (Å²) in [5.41, 5.74) is 13.1. The molecule has 13 rings (SSSR count). The molecule has 0 aliphatic rings. The zero-order valence-electron chi connectivity index (χ0n) is 31.8. The predicted octanol–water partition coefficient (Wildman–Crippen LogP) is 13.1. The Hall–Kier alpha value is -8.36. The van der Waals surface area contributed by atoms with Gasteiger partial charge in [0.2, 0.25) is 5.78 Å². The topological polar surface area (TPSA) is 87.2 Å². The third-order valence-electron chi connectivity index (χ3n) is 11.6. The van der Waals surface area contributed by atoms with Crippen molar-refractivity contribution in [2.45, 2.75) is 0 Å². The smallest absolute Gasteiger partial charge is 0.220 e. The van der Waals surface area contributed by atoms with E-state index in [0.717, 1.165) is 105 Å². The van der Waals surface area contributed by atoms with Crippen molar-refractivity contribution < 1.29 is 8.83 Å². The molecular weight excluding hydrogens is 741 g/mol. The van der Waals surface area contributed by atoms with Crippen molar-refractivity contribution in [1.29, 1.82) is 0 Å². The van der Waals surface area contributed by atoms with Crippen molar-refractivity contribution in [1.82, 2.24) is 28.9 Å². The van der Waals surface area contributed by atoms with E-state index in [1.807, 2.05) is 84.9 Å². The predicted molar refractivity (Wildman–Crippen MR) is 239 cm³/mol. The van der Waals surface area contributed by atoms with Crippen molar-refractivity contribution in [3.05, 3.63) is 182 Å². The second kappa shape index (κ2) is 12.6. The molecule has 8 heteroatoms. The van der Waals surface area contributed by atoms with Gasteiger partial charge < -0.3 is 8.83 Å². The highest BCUT2D eigenvalue weighted by Gasteiger charge is 2.22. The first kappa shape index (κ1) is 32.7. The summed E-state index contributed by atoms with van der Waals surface area (Å²) in [6.07, 6.45) is 0. The van der Waals surface area contributed by atoms with E-state index in [4.69, 9.17) is 28.8 Å². The second-order valence-electron chi connectivity index (χ2n) is 15.1. The Kier molecular flexibility index (Phi) is 6.85. The maximum atomic E-state index is 6.66. The van der Waals surface area contributed by atoms with Crippen LogP contribution in [0.25, 0.3) is 123 Å². The summed E-state index contributed by atoms with van der Waals surface area (Å²) in [7, 11) is 0. The molecule has 0 bridgehead atoms. The van der Waals surface area contributed by atoms with E-state index in [0.29, 0.717) is 17.5 Å². The number of furan rings is 2. The molecule has 5 aromatic heterocycles. The second-order valence-corrected chi connectivity index (χ2v) is 15.1. The standard InChI is InChI=1S/C52H30N6O2/c1-3-13-31(14-4-1)49-54-50(32-15-5-2-6-16-32)56-51(55-49)36-18-11-17-35-37-29-33(25-27-44(37)60-48(35)36)34-26-28-45-38(30-34)47-43(23-12-24-46(47)59-45)58-42-22-10-9-21-41(42)57-40-20-8-7-19-39(40)53-52(57)58/h1-30H. The van der Waals surface area contributed by atoms with Gasteiger partial charge >= 0.3 is 0 Å². The molecule has 8 nitrogen and oxygen atoms in total. The molecule has 0 saturated carbocycles. The third kappa shape index (κ3) is 4.85. The van der Waals surface area contributed by atoms with Crippen molar-refractivity contribution in [2.24, 2.45) is 0 Å². The summed E-state index contributed by atoms with van der Waals surface area (Å²) in [5, 5.41) is 4.06. The first-order valence-electron chi connectivity index (χ1n) is 19.9. The first-order valence-corrected chi connectivity index (χ1v) is 19.9. The summed E-state index contributed by atoms with van der Waals surface area (Å²) in [4.78, 5) is 20.1. The number of aromatic nitrogens is 6. The summed E-state index contributed by atoms with van der Waals surface area (Å²) in [6, 6.07) is 62.1. The minimum atomic E-state index is 0.553. The van der Waals surface area contributed by atoms with Crippen LogP contribution in [0.5, 0.6) is 0 Å². The monoisotopic (exact) mass is 770 g/mol. The summed E-state index contributed by atoms with van der Waals surface area (Å²) in [5.74, 6) is 2.62. The highest BCUT2D eigenvalue weighted by molar-refractivity contribution is 6.13. The molecule has 0 N–H and O–H groups in total. The van der Waals surface area contributed by atoms with Gasteiger partial charge in [-0.2, -0.15) is 0 Å². The van der Waals surface area contributed by atoms with Gasteiger partial charge in [-0.05, 0) is 77.9 Å². The summed E-state index contributed by atoms with van der Waals surface area (Å²) < 4.78 is 17.7. The van der Waals surface area contributed by atoms with E-state index < -0.39 is 0 Å². The molecule has 0 radical (unpaired) electrons. The van der Waals surface area contributed by atoms with Crippen LogP contribution in [0, 0.1) is 0 Å². The van der Waals surface area contributed by atoms with E-state index in [1.54, 1.807) is 0 Å². The van der Waals surface area contributed by atoms with Crippen LogP contribution in [0.1, 0.15) is 0 Å². The minimum absolute atomic E-state index is 0.553. The first-order chi connectivity index (χ1) is 29.7. The fourth-order valence-corrected chi connectivity index (χ4v) is 8.85. The van der Waals surface area contributed by atoms with Gasteiger partial charge in [-0.25, -0.2) is 19.9 Å². The molecule has 13 aromatic rings. The molecule has 0 saturated heterocycles. The number of hydrogen-bond acceptors (Lipinski definition) is 6. The Balaban J connectivity index is 0.970. The summed E-state index contributed by atoms with van der Waals surface area (Å²) in [6.45, 7) is 0. The van der Waals surface area contributed by atoms with Crippen LogP contribution in [-0.2, 0) is 0 Å². The van der Waals surface area contributed by atoms with E-state index in [9.17, 15) is 0 Å². The highest BCUT2D eigenvalue weighted by atomic mass is 16.3. The van der Waals surface area contributed by atoms with Crippen molar-refractivity contribution in [2.75, 3.05) is 0 Å². The molecule has 60 heavy (non-hydrogen) atoms. The lowest BCUT2D eigenvalue weighted by atomic mass is 10.00. The van der Waals surface area contributed by atoms with Gasteiger partial charge in [0, 0.05) is 27.3 Å². The van der Waals surface area contributed by atoms with Crippen LogP contribution < -0.4 is 0 Å². The minimum Gasteiger partial charge on any atom is -0.456 e. The van der Waals surface area contributed by atoms with Gasteiger partial charge in [-0.3, -0.25) is 8.97 Å². The van der Waals surface area contributed by atoms with Gasteiger partial charge in [0.25, 0.3) is 0 Å². The molecule has 0 aliphatic carbocycles. The van der Waals surface area contributed by atoms with Crippen LogP contribution in [-0.4, -0.2) is 28.9 Å². The van der Waals surface area contributed by atoms with Crippen LogP contribution in [0.3, 0.4) is 0 Å². The Bertz CT molecular complexity index is 3780. The zero-order valence-corrected chi connectivity index (χ0v) is 31.8. The number of imidazole rings is 2. The maximum Gasteiger partial charge on any atom is 0.220 e. The molecule has 0 fully saturated rings. The molecule has 0 atom stereocenters. The number of hydrogen-bond donors (Lipinski definition) is 0. The van der Waals surface area contributed by atoms with E-state index >= 15 is 0 Å². The normalized spacial score (nSPS) is 12.0. The SMILES string of the molecule is c1ccc(-c2nc(-c3ccccc3)nc(-c3cccc4c3oc3ccc(-c5ccc6oc7cccc(-n8c9ccccc9n9c%10ccccc%10nc89)c7c6c5)cc34)n2)cc1. The van der Waals surface area contributed by atoms with Crippen LogP contribution >= 0.6 is 0 Å². The molecule has 280 valence electrons. The van der Waals surface area contributed by atoms with Gasteiger partial charge in [-0.15, -0.1) is 0 Å². The van der Waals surface area contributed by atoms with Crippen molar-refractivity contribution in [3.8, 4) is 51.0 Å². The van der Waals surface area contributed by atoms with Gasteiger partial charge in [0.05, 0.1) is 38.7 Å². The molecule has 0 amide bonds. The number of para-hydroxylation sites is 5. The molecule has 0 spiro atoms. The quantitative estimate of drug-likeness (QED) is 0.173. The highest BCUT2D eigenvalue weighted by Crippen LogP contribution is 2.41. The number of rotatable bonds is 5. The molecule has 0 aliphatic heterocycles. The van der Waals surface area contributed by atoms with Gasteiger partial charge in [-0.1, -0.05) is 115 Å². The molecule has 5 heterocycles. The fourth-order valence-electron chi connectivity index (χ4n) is 8.85. The lowest BCUT2D eigenvalue weighted by Crippen LogP contribution is -2.00. The lowest BCUT2D eigenvalue weighted by molar-refractivity contribution is 0.668. The number of fused-ring (bicyclic) bond motifs is 11. The Morgan fingerprint density at radius 3 is 1.75 bits per heavy atom. The van der Waals surface area contributed by atoms with Gasteiger partial charge in [0.1, 0.15) is 22.3 Å². The largest absolute Gasteiger partial charge is 0.456 e. The van der Waals surface area contributed by atoms with Crippen LogP contribution in [0.4, 0.5) is 0 Å². The number of nitrogens with zero attached hydrogens (tertiary/aromatic N) is 6. The molecule has 8 aromatic carbocycles.